The Kier molecular flexibility index (Phi) is 8.50. The highest BCUT2D eigenvalue weighted by Gasteiger charge is 2.12. The lowest BCUT2D eigenvalue weighted by atomic mass is 9.99. The summed E-state index contributed by atoms with van der Waals surface area (Å²) < 4.78 is 0. The van der Waals surface area contributed by atoms with E-state index in [0.717, 1.165) is 24.3 Å². The van der Waals surface area contributed by atoms with Crippen molar-refractivity contribution in [2.75, 3.05) is 13.6 Å². The molecule has 0 N–H and O–H groups in total. The summed E-state index contributed by atoms with van der Waals surface area (Å²) in [6, 6.07) is 11.5. The first kappa shape index (κ1) is 24.5. The molecule has 0 aliphatic heterocycles. The number of aliphatic imine (C=N–C) groups is 1. The monoisotopic (exact) mass is 467 g/mol. The highest BCUT2D eigenvalue weighted by molar-refractivity contribution is 7.10. The number of aromatic nitrogens is 1. The standard InChI is InChI=1S/C27H33N3S.ClH/c1-5-30(4)18-28-25-14-19(2)24(13-20(25)3)16-27-29-26(17-31-27)23-12-11-21-9-7-6-8-10-22(21)15-23;/h11-15,17-18H,5-10,16H2,1-4H3;1H. The summed E-state index contributed by atoms with van der Waals surface area (Å²) in [5, 5.41) is 3.39. The fourth-order valence-electron chi connectivity index (χ4n) is 4.19. The molecule has 5 heteroatoms. The quantitative estimate of drug-likeness (QED) is 0.216. The second-order valence-corrected chi connectivity index (χ2v) is 9.67. The van der Waals surface area contributed by atoms with Crippen LogP contribution in [0, 0.1) is 13.8 Å². The van der Waals surface area contributed by atoms with Crippen molar-refractivity contribution in [2.24, 2.45) is 4.99 Å². The first-order valence-corrected chi connectivity index (χ1v) is 12.3. The number of benzene rings is 2. The van der Waals surface area contributed by atoms with E-state index in [-0.39, 0.29) is 12.4 Å². The van der Waals surface area contributed by atoms with Crippen molar-refractivity contribution in [3.63, 3.8) is 0 Å². The van der Waals surface area contributed by atoms with Crippen molar-refractivity contribution in [3.8, 4) is 11.3 Å². The fourth-order valence-corrected chi connectivity index (χ4v) is 5.02. The summed E-state index contributed by atoms with van der Waals surface area (Å²) in [7, 11) is 2.05. The average molecular weight is 468 g/mol. The van der Waals surface area contributed by atoms with E-state index in [1.54, 1.807) is 11.3 Å². The van der Waals surface area contributed by atoms with Gasteiger partial charge in [0.25, 0.3) is 0 Å². The van der Waals surface area contributed by atoms with E-state index < -0.39 is 0 Å². The van der Waals surface area contributed by atoms with Crippen LogP contribution in [0.4, 0.5) is 5.69 Å². The molecule has 1 heterocycles. The summed E-state index contributed by atoms with van der Waals surface area (Å²) in [4.78, 5) is 11.7. The predicted octanol–water partition coefficient (Wildman–Crippen LogP) is 7.32. The van der Waals surface area contributed by atoms with Crippen LogP contribution in [-0.4, -0.2) is 29.8 Å². The van der Waals surface area contributed by atoms with Gasteiger partial charge in [0, 0.05) is 31.0 Å². The predicted molar refractivity (Wildman–Crippen MR) is 141 cm³/mol. The molecule has 3 aromatic rings. The summed E-state index contributed by atoms with van der Waals surface area (Å²) in [6.07, 6.45) is 9.21. The average Bonchev–Trinajstić information content (AvgIpc) is 3.10. The van der Waals surface area contributed by atoms with Gasteiger partial charge in [-0.15, -0.1) is 23.7 Å². The highest BCUT2D eigenvalue weighted by atomic mass is 35.5. The Morgan fingerprint density at radius 3 is 2.59 bits per heavy atom. The first-order valence-electron chi connectivity index (χ1n) is 11.4. The molecule has 0 atom stereocenters. The van der Waals surface area contributed by atoms with E-state index in [2.05, 4.69) is 66.4 Å². The minimum atomic E-state index is 0. The van der Waals surface area contributed by atoms with Crippen LogP contribution in [0.2, 0.25) is 0 Å². The Balaban J connectivity index is 0.00000289. The molecule has 32 heavy (non-hydrogen) atoms. The third-order valence-corrected chi connectivity index (χ3v) is 7.18. The van der Waals surface area contributed by atoms with Crippen LogP contribution in [0.15, 0.2) is 40.7 Å². The Labute approximate surface area is 203 Å². The van der Waals surface area contributed by atoms with Gasteiger partial charge in [-0.2, -0.15) is 0 Å². The van der Waals surface area contributed by atoms with Gasteiger partial charge in [-0.05, 0) is 86.4 Å². The third kappa shape index (κ3) is 5.79. The van der Waals surface area contributed by atoms with E-state index in [9.17, 15) is 0 Å². The van der Waals surface area contributed by atoms with Crippen LogP contribution < -0.4 is 0 Å². The lowest BCUT2D eigenvalue weighted by Crippen LogP contribution is -2.14. The smallest absolute Gasteiger partial charge is 0.0976 e. The van der Waals surface area contributed by atoms with E-state index in [1.807, 2.05) is 13.4 Å². The van der Waals surface area contributed by atoms with E-state index in [4.69, 9.17) is 4.98 Å². The number of rotatable bonds is 6. The molecule has 1 aliphatic carbocycles. The van der Waals surface area contributed by atoms with Crippen LogP contribution >= 0.6 is 23.7 Å². The van der Waals surface area contributed by atoms with Crippen molar-refractivity contribution in [1.29, 1.82) is 0 Å². The van der Waals surface area contributed by atoms with Gasteiger partial charge in [-0.25, -0.2) is 9.98 Å². The molecular formula is C27H34ClN3S. The molecule has 4 rings (SSSR count). The molecule has 0 saturated heterocycles. The molecule has 0 spiro atoms. The SMILES string of the molecule is CCN(C)C=Nc1cc(C)c(Cc2nc(-c3ccc4c(c3)CCCCC4)cs2)cc1C.Cl. The van der Waals surface area contributed by atoms with Crippen molar-refractivity contribution in [3.05, 3.63) is 68.5 Å². The molecule has 170 valence electrons. The summed E-state index contributed by atoms with van der Waals surface area (Å²) in [6.45, 7) is 7.40. The summed E-state index contributed by atoms with van der Waals surface area (Å²) >= 11 is 1.77. The van der Waals surface area contributed by atoms with Gasteiger partial charge in [0.1, 0.15) is 0 Å². The number of nitrogens with zero attached hydrogens (tertiary/aromatic N) is 3. The Morgan fingerprint density at radius 2 is 1.81 bits per heavy atom. The van der Waals surface area contributed by atoms with Gasteiger partial charge >= 0.3 is 0 Å². The van der Waals surface area contributed by atoms with Crippen LogP contribution in [0.3, 0.4) is 0 Å². The second kappa shape index (κ2) is 11.1. The number of thiazole rings is 1. The number of hydrogen-bond donors (Lipinski definition) is 0. The van der Waals surface area contributed by atoms with E-state index in [0.29, 0.717) is 0 Å². The topological polar surface area (TPSA) is 28.5 Å². The highest BCUT2D eigenvalue weighted by Crippen LogP contribution is 2.30. The molecule has 2 aromatic carbocycles. The fraction of sp³-hybridized carbons (Fsp3) is 0.407. The molecule has 0 unspecified atom stereocenters. The van der Waals surface area contributed by atoms with Crippen LogP contribution in [0.5, 0.6) is 0 Å². The zero-order chi connectivity index (χ0) is 21.8. The second-order valence-electron chi connectivity index (χ2n) is 8.73. The largest absolute Gasteiger partial charge is 0.366 e. The molecular weight excluding hydrogens is 434 g/mol. The molecule has 0 radical (unpaired) electrons. The lowest BCUT2D eigenvalue weighted by molar-refractivity contribution is 0.552. The van der Waals surface area contributed by atoms with Gasteiger partial charge in [0.05, 0.1) is 22.7 Å². The Bertz CT molecular complexity index is 1090. The number of fused-ring (bicyclic) bond motifs is 1. The van der Waals surface area contributed by atoms with E-state index >= 15 is 0 Å². The maximum atomic E-state index is 4.99. The van der Waals surface area contributed by atoms with Crippen molar-refractivity contribution in [2.45, 2.75) is 59.3 Å². The zero-order valence-electron chi connectivity index (χ0n) is 19.6. The van der Waals surface area contributed by atoms with Gasteiger partial charge in [-0.1, -0.05) is 24.6 Å². The normalized spacial score (nSPS) is 13.5. The summed E-state index contributed by atoms with van der Waals surface area (Å²) in [5.74, 6) is 0. The van der Waals surface area contributed by atoms with Crippen LogP contribution in [-0.2, 0) is 19.3 Å². The number of hydrogen-bond acceptors (Lipinski definition) is 3. The van der Waals surface area contributed by atoms with Crippen LogP contribution in [0.25, 0.3) is 11.3 Å². The Morgan fingerprint density at radius 1 is 1.03 bits per heavy atom. The van der Waals surface area contributed by atoms with Gasteiger partial charge in [-0.3, -0.25) is 0 Å². The zero-order valence-corrected chi connectivity index (χ0v) is 21.3. The molecule has 1 aliphatic rings. The maximum Gasteiger partial charge on any atom is 0.0976 e. The first-order chi connectivity index (χ1) is 15.0. The molecule has 3 nitrogen and oxygen atoms in total. The minimum absolute atomic E-state index is 0. The number of aryl methyl sites for hydroxylation is 4. The van der Waals surface area contributed by atoms with Crippen molar-refractivity contribution in [1.82, 2.24) is 9.88 Å². The molecule has 1 aromatic heterocycles. The molecule has 0 bridgehead atoms. The lowest BCUT2D eigenvalue weighted by Gasteiger charge is -2.11. The van der Waals surface area contributed by atoms with Gasteiger partial charge in [0.15, 0.2) is 0 Å². The maximum absolute atomic E-state index is 4.99. The Hall–Kier alpha value is -2.17. The third-order valence-electron chi connectivity index (χ3n) is 6.33. The van der Waals surface area contributed by atoms with Gasteiger partial charge < -0.3 is 4.90 Å². The summed E-state index contributed by atoms with van der Waals surface area (Å²) in [5.41, 5.74) is 10.3. The number of halogens is 1. The minimum Gasteiger partial charge on any atom is -0.366 e. The molecule has 0 saturated carbocycles. The van der Waals surface area contributed by atoms with Crippen LogP contribution in [0.1, 0.15) is 59.0 Å². The molecule has 0 fully saturated rings. The molecule has 0 amide bonds. The van der Waals surface area contributed by atoms with Crippen molar-refractivity contribution >= 4 is 35.8 Å². The van der Waals surface area contributed by atoms with E-state index in [1.165, 1.54) is 70.5 Å². The van der Waals surface area contributed by atoms with Crippen molar-refractivity contribution < 1.29 is 0 Å². The van der Waals surface area contributed by atoms with Gasteiger partial charge in [0.2, 0.25) is 0 Å².